The second-order valence-electron chi connectivity index (χ2n) is 4.93. The zero-order valence-electron chi connectivity index (χ0n) is 13.0. The van der Waals surface area contributed by atoms with Gasteiger partial charge in [-0.1, -0.05) is 30.3 Å². The Labute approximate surface area is 128 Å². The van der Waals surface area contributed by atoms with Gasteiger partial charge in [-0.3, -0.25) is 9.59 Å². The van der Waals surface area contributed by atoms with Crippen LogP contribution in [0.25, 0.3) is 0 Å². The fraction of sp³-hybridized carbons (Fsp3) is 0.467. The number of benzene rings is 1. The van der Waals surface area contributed by atoms with Gasteiger partial charge in [0.05, 0.1) is 6.61 Å². The van der Waals surface area contributed by atoms with Gasteiger partial charge in [0.1, 0.15) is 18.3 Å². The van der Waals surface area contributed by atoms with E-state index in [1.54, 1.807) is 18.2 Å². The van der Waals surface area contributed by atoms with E-state index in [0.717, 1.165) is 6.92 Å². The molecule has 1 aromatic carbocycles. The van der Waals surface area contributed by atoms with Gasteiger partial charge in [-0.2, -0.15) is 0 Å². The van der Waals surface area contributed by atoms with Crippen molar-refractivity contribution in [2.75, 3.05) is 6.61 Å². The van der Waals surface area contributed by atoms with Gasteiger partial charge in [0.15, 0.2) is 11.6 Å². The molecule has 5 N–H and O–H groups in total. The molecule has 1 unspecified atom stereocenters. The van der Waals surface area contributed by atoms with Crippen LogP contribution in [0.1, 0.15) is 13.9 Å². The highest BCUT2D eigenvalue weighted by Crippen LogP contribution is 2.21. The van der Waals surface area contributed by atoms with Gasteiger partial charge in [-0.25, -0.2) is 0 Å². The standard InChI is InChI=1S/C15H20O7/c1-9(17)15(22,14(21)13(20)11(18)8-16)12(19)7-10-5-3-2-4-6-10/h2-6,11,13-14,16,18,20-22H,7-8H2,1H3/t11-,13+,14+,15+/m1/s1/i7D/t7?,11-,13+,14+,15+. The van der Waals surface area contributed by atoms with E-state index in [4.69, 9.17) is 6.48 Å². The van der Waals surface area contributed by atoms with Crippen molar-refractivity contribution < 1.29 is 36.5 Å². The van der Waals surface area contributed by atoms with E-state index < -0.39 is 48.5 Å². The van der Waals surface area contributed by atoms with Crippen LogP contribution in [0, 0.1) is 0 Å². The minimum atomic E-state index is -3.09. The Bertz CT molecular complexity index is 550. The summed E-state index contributed by atoms with van der Waals surface area (Å²) in [6.45, 7) is -0.139. The zero-order valence-corrected chi connectivity index (χ0v) is 12.0. The first kappa shape index (κ1) is 16.7. The molecule has 7 heteroatoms. The van der Waals surface area contributed by atoms with E-state index in [2.05, 4.69) is 0 Å². The maximum atomic E-state index is 12.4. The van der Waals surface area contributed by atoms with Crippen molar-refractivity contribution >= 4 is 11.6 Å². The fourth-order valence-electron chi connectivity index (χ4n) is 1.90. The third-order valence-corrected chi connectivity index (χ3v) is 3.34. The van der Waals surface area contributed by atoms with Crippen LogP contribution in [-0.2, 0) is 16.0 Å². The summed E-state index contributed by atoms with van der Waals surface area (Å²) in [6, 6.07) is 7.62. The molecule has 0 aliphatic carbocycles. The highest BCUT2D eigenvalue weighted by Gasteiger charge is 2.51. The summed E-state index contributed by atoms with van der Waals surface area (Å²) in [5, 5.41) is 48.1. The van der Waals surface area contributed by atoms with E-state index in [1.165, 1.54) is 12.1 Å². The molecule has 0 spiro atoms. The van der Waals surface area contributed by atoms with Crippen LogP contribution in [0.2, 0.25) is 0 Å². The normalized spacial score (nSPS) is 20.2. The molecular weight excluding hydrogens is 292 g/mol. The van der Waals surface area contributed by atoms with Crippen LogP contribution in [0.15, 0.2) is 30.3 Å². The summed E-state index contributed by atoms with van der Waals surface area (Å²) in [7, 11) is 0. The molecule has 0 bridgehead atoms. The van der Waals surface area contributed by atoms with E-state index in [-0.39, 0.29) is 5.56 Å². The number of carbonyl (C=O) groups excluding carboxylic acids is 2. The lowest BCUT2D eigenvalue weighted by Crippen LogP contribution is -2.62. The van der Waals surface area contributed by atoms with Gasteiger partial charge in [0.2, 0.25) is 5.60 Å². The summed E-state index contributed by atoms with van der Waals surface area (Å²) in [5.41, 5.74) is -2.90. The third-order valence-electron chi connectivity index (χ3n) is 3.34. The summed E-state index contributed by atoms with van der Waals surface area (Å²) < 4.78 is 7.89. The molecule has 0 saturated carbocycles. The first-order valence-corrected chi connectivity index (χ1v) is 6.57. The largest absolute Gasteiger partial charge is 0.394 e. The first-order chi connectivity index (χ1) is 10.7. The van der Waals surface area contributed by atoms with Crippen molar-refractivity contribution in [3.63, 3.8) is 0 Å². The predicted octanol–water partition coefficient (Wildman–Crippen LogP) is -1.81. The first-order valence-electron chi connectivity index (χ1n) is 7.15. The van der Waals surface area contributed by atoms with Crippen LogP contribution >= 0.6 is 0 Å². The number of rotatable bonds is 8. The fourth-order valence-corrected chi connectivity index (χ4v) is 1.90. The molecule has 7 nitrogen and oxygen atoms in total. The van der Waals surface area contributed by atoms with Crippen molar-refractivity contribution in [3.8, 4) is 0 Å². The van der Waals surface area contributed by atoms with Crippen molar-refractivity contribution in [1.29, 1.82) is 0 Å². The third kappa shape index (κ3) is 3.76. The number of hydrogen-bond acceptors (Lipinski definition) is 7. The Morgan fingerprint density at radius 2 is 1.77 bits per heavy atom. The zero-order chi connectivity index (χ0) is 17.8. The molecule has 1 rings (SSSR count). The quantitative estimate of drug-likeness (QED) is 0.357. The number of aliphatic hydroxyl groups is 5. The summed E-state index contributed by atoms with van der Waals surface area (Å²) in [5.74, 6) is -2.53. The Morgan fingerprint density at radius 3 is 2.23 bits per heavy atom. The van der Waals surface area contributed by atoms with Crippen LogP contribution < -0.4 is 0 Å². The summed E-state index contributed by atoms with van der Waals surface area (Å²) in [4.78, 5) is 24.1. The Hall–Kier alpha value is -1.64. The average Bonchev–Trinajstić information content (AvgIpc) is 2.58. The number of Topliss-reactive ketones (excluding diaryl/α,β-unsaturated/α-hetero) is 2. The topological polar surface area (TPSA) is 135 Å². The molecule has 22 heavy (non-hydrogen) atoms. The second-order valence-corrected chi connectivity index (χ2v) is 4.93. The molecule has 5 atom stereocenters. The van der Waals surface area contributed by atoms with Crippen LogP contribution in [0.4, 0.5) is 0 Å². The van der Waals surface area contributed by atoms with Gasteiger partial charge in [0, 0.05) is 7.77 Å². The molecule has 0 aliphatic heterocycles. The van der Waals surface area contributed by atoms with Crippen LogP contribution in [-0.4, -0.2) is 67.6 Å². The van der Waals surface area contributed by atoms with E-state index in [1.807, 2.05) is 0 Å². The smallest absolute Gasteiger partial charge is 0.210 e. The number of hydrogen-bond donors (Lipinski definition) is 5. The highest BCUT2D eigenvalue weighted by atomic mass is 16.4. The maximum absolute atomic E-state index is 12.4. The van der Waals surface area contributed by atoms with E-state index in [9.17, 15) is 30.0 Å². The maximum Gasteiger partial charge on any atom is 0.210 e. The van der Waals surface area contributed by atoms with Crippen molar-refractivity contribution in [2.24, 2.45) is 0 Å². The van der Waals surface area contributed by atoms with Gasteiger partial charge in [-0.05, 0) is 12.5 Å². The lowest BCUT2D eigenvalue weighted by atomic mass is 9.81. The predicted molar refractivity (Wildman–Crippen MR) is 75.9 cm³/mol. The number of aliphatic hydroxyl groups excluding tert-OH is 4. The van der Waals surface area contributed by atoms with Crippen LogP contribution in [0.5, 0.6) is 0 Å². The molecule has 0 heterocycles. The SMILES string of the molecule is [2H]C(C(=O)[C@@](O)(C(C)=O)[C@@H](O)[C@@H](O)[C@H](O)CO)c1ccccc1. The molecule has 0 radical (unpaired) electrons. The molecule has 0 aromatic heterocycles. The minimum Gasteiger partial charge on any atom is -0.394 e. The Kier molecular flexibility index (Phi) is 5.76. The molecule has 0 amide bonds. The van der Waals surface area contributed by atoms with E-state index >= 15 is 0 Å². The van der Waals surface area contributed by atoms with Gasteiger partial charge in [0.25, 0.3) is 0 Å². The number of ketones is 2. The lowest BCUT2D eigenvalue weighted by molar-refractivity contribution is -0.179. The molecule has 1 aromatic rings. The molecule has 0 fully saturated rings. The highest BCUT2D eigenvalue weighted by molar-refractivity contribution is 6.10. The van der Waals surface area contributed by atoms with Gasteiger partial charge in [-0.15, -0.1) is 0 Å². The lowest BCUT2D eigenvalue weighted by Gasteiger charge is -2.33. The second kappa shape index (κ2) is 7.57. The molecule has 0 saturated heterocycles. The molecular formula is C15H20O7. The van der Waals surface area contributed by atoms with Gasteiger partial charge >= 0.3 is 0 Å². The summed E-state index contributed by atoms with van der Waals surface area (Å²) >= 11 is 0. The Morgan fingerprint density at radius 1 is 1.23 bits per heavy atom. The average molecular weight is 313 g/mol. The van der Waals surface area contributed by atoms with Crippen LogP contribution in [0.3, 0.4) is 0 Å². The van der Waals surface area contributed by atoms with Crippen molar-refractivity contribution in [3.05, 3.63) is 35.9 Å². The molecule has 122 valence electrons. The van der Waals surface area contributed by atoms with E-state index in [0.29, 0.717) is 0 Å². The van der Waals surface area contributed by atoms with Crippen molar-refractivity contribution in [2.45, 2.75) is 37.2 Å². The monoisotopic (exact) mass is 313 g/mol. The summed E-state index contributed by atoms with van der Waals surface area (Å²) in [6.07, 6.45) is -8.10. The minimum absolute atomic E-state index is 0.182. The van der Waals surface area contributed by atoms with Gasteiger partial charge < -0.3 is 25.5 Å². The Balaban J connectivity index is 3.18. The number of carbonyl (C=O) groups is 2. The van der Waals surface area contributed by atoms with Crippen molar-refractivity contribution in [1.82, 2.24) is 0 Å². The molecule has 0 aliphatic rings.